The Morgan fingerprint density at radius 2 is 2.00 bits per heavy atom. The molecule has 0 saturated heterocycles. The molecule has 0 fully saturated rings. The molecule has 32 heavy (non-hydrogen) atoms. The van der Waals surface area contributed by atoms with Crippen LogP contribution in [0.5, 0.6) is 11.6 Å². The third kappa shape index (κ3) is 3.97. The molecule has 9 heteroatoms. The number of hydrogen-bond donors (Lipinski definition) is 0. The molecule has 0 amide bonds. The van der Waals surface area contributed by atoms with Crippen LogP contribution in [-0.2, 0) is 11.2 Å². The Kier molecular flexibility index (Phi) is 5.16. The van der Waals surface area contributed by atoms with E-state index in [1.807, 2.05) is 24.3 Å². The molecule has 0 saturated carbocycles. The minimum Gasteiger partial charge on any atom is -0.479 e. The van der Waals surface area contributed by atoms with Gasteiger partial charge in [-0.05, 0) is 35.5 Å². The molecule has 3 aromatic heterocycles. The molecule has 0 spiro atoms. The molecule has 5 rings (SSSR count). The Hall–Kier alpha value is -3.98. The van der Waals surface area contributed by atoms with E-state index >= 15 is 0 Å². The molecular formula is C23H16N2O6S. The number of fused-ring (bicyclic) bond motifs is 2. The van der Waals surface area contributed by atoms with Gasteiger partial charge in [0.2, 0.25) is 0 Å². The molecule has 0 N–H and O–H groups in total. The summed E-state index contributed by atoms with van der Waals surface area (Å²) in [5, 5.41) is 4.98. The summed E-state index contributed by atoms with van der Waals surface area (Å²) in [6.07, 6.45) is 0.417. The number of methoxy groups -OCH3 is 1. The van der Waals surface area contributed by atoms with E-state index in [4.69, 9.17) is 18.4 Å². The van der Waals surface area contributed by atoms with E-state index in [-0.39, 0.29) is 12.2 Å². The summed E-state index contributed by atoms with van der Waals surface area (Å²) in [5.41, 5.74) is 1.05. The Morgan fingerprint density at radius 3 is 2.81 bits per heavy atom. The highest BCUT2D eigenvalue weighted by Crippen LogP contribution is 2.30. The largest absolute Gasteiger partial charge is 0.479 e. The Labute approximate surface area is 185 Å². The van der Waals surface area contributed by atoms with Gasteiger partial charge in [-0.3, -0.25) is 4.79 Å². The molecule has 0 aliphatic carbocycles. The van der Waals surface area contributed by atoms with Gasteiger partial charge in [0.05, 0.1) is 29.3 Å². The average molecular weight is 448 g/mol. The number of aromatic nitrogens is 2. The number of carbonyl (C=O) groups is 1. The van der Waals surface area contributed by atoms with Gasteiger partial charge in [0.15, 0.2) is 0 Å². The SMILES string of the molecule is COc1cc(CCC(=O)Oc2ccc3cc(-c4nc5ccccc5s4)c(=O)oc3c2)on1. The first-order valence-electron chi connectivity index (χ1n) is 9.73. The smallest absolute Gasteiger partial charge is 0.346 e. The van der Waals surface area contributed by atoms with Crippen LogP contribution in [0.1, 0.15) is 12.2 Å². The van der Waals surface area contributed by atoms with Gasteiger partial charge in [-0.25, -0.2) is 9.78 Å². The molecule has 8 nitrogen and oxygen atoms in total. The van der Waals surface area contributed by atoms with Crippen molar-refractivity contribution in [3.05, 3.63) is 70.8 Å². The zero-order valence-corrected chi connectivity index (χ0v) is 17.7. The van der Waals surface area contributed by atoms with Crippen molar-refractivity contribution in [2.24, 2.45) is 0 Å². The van der Waals surface area contributed by atoms with E-state index in [2.05, 4.69) is 10.1 Å². The predicted molar refractivity (Wildman–Crippen MR) is 118 cm³/mol. The van der Waals surface area contributed by atoms with Gasteiger partial charge in [-0.15, -0.1) is 11.3 Å². The highest BCUT2D eigenvalue weighted by Gasteiger charge is 2.14. The third-order valence-electron chi connectivity index (χ3n) is 4.79. The maximum absolute atomic E-state index is 12.6. The molecule has 0 bridgehead atoms. The van der Waals surface area contributed by atoms with Crippen LogP contribution in [0.25, 0.3) is 31.8 Å². The van der Waals surface area contributed by atoms with E-state index in [0.29, 0.717) is 39.6 Å². The number of thiazole rings is 1. The number of carbonyl (C=O) groups excluding carboxylic acids is 1. The topological polar surface area (TPSA) is 105 Å². The lowest BCUT2D eigenvalue weighted by atomic mass is 10.2. The first-order valence-corrected chi connectivity index (χ1v) is 10.5. The van der Waals surface area contributed by atoms with Crippen LogP contribution in [0.4, 0.5) is 0 Å². The van der Waals surface area contributed by atoms with Crippen LogP contribution in [-0.4, -0.2) is 23.2 Å². The second kappa shape index (κ2) is 8.27. The number of nitrogens with zero attached hydrogens (tertiary/aromatic N) is 2. The second-order valence-corrected chi connectivity index (χ2v) is 7.97. The number of rotatable bonds is 6. The molecule has 2 aromatic carbocycles. The minimum absolute atomic E-state index is 0.0941. The van der Waals surface area contributed by atoms with E-state index in [0.717, 1.165) is 10.2 Å². The molecule has 0 atom stereocenters. The fourth-order valence-electron chi connectivity index (χ4n) is 3.21. The summed E-state index contributed by atoms with van der Waals surface area (Å²) in [6, 6.07) is 15.9. The average Bonchev–Trinajstić information content (AvgIpc) is 3.44. The number of ether oxygens (including phenoxy) is 2. The molecule has 5 aromatic rings. The summed E-state index contributed by atoms with van der Waals surface area (Å²) in [7, 11) is 1.48. The lowest BCUT2D eigenvalue weighted by molar-refractivity contribution is -0.134. The first kappa shape index (κ1) is 20.0. The number of esters is 1. The van der Waals surface area contributed by atoms with Crippen molar-refractivity contribution < 1.29 is 23.2 Å². The lowest BCUT2D eigenvalue weighted by Crippen LogP contribution is -2.09. The standard InChI is InChI=1S/C23H16N2O6S/c1-28-20-12-15(31-25-20)8-9-21(26)29-14-7-6-13-10-16(23(27)30-18(13)11-14)22-24-17-4-2-3-5-19(17)32-22/h2-7,10-12H,8-9H2,1H3. The van der Waals surface area contributed by atoms with Gasteiger partial charge in [-0.2, -0.15) is 0 Å². The van der Waals surface area contributed by atoms with Crippen LogP contribution in [0.15, 0.2) is 68.3 Å². The number of para-hydroxylation sites is 1. The van der Waals surface area contributed by atoms with Crippen LogP contribution < -0.4 is 15.1 Å². The number of benzene rings is 2. The highest BCUT2D eigenvalue weighted by molar-refractivity contribution is 7.21. The summed E-state index contributed by atoms with van der Waals surface area (Å²) < 4.78 is 21.8. The van der Waals surface area contributed by atoms with Gasteiger partial charge < -0.3 is 18.4 Å². The lowest BCUT2D eigenvalue weighted by Gasteiger charge is -2.05. The van der Waals surface area contributed by atoms with E-state index < -0.39 is 11.6 Å². The zero-order valence-electron chi connectivity index (χ0n) is 16.9. The van der Waals surface area contributed by atoms with Gasteiger partial charge >= 0.3 is 11.6 Å². The van der Waals surface area contributed by atoms with Crippen molar-refractivity contribution in [1.29, 1.82) is 0 Å². The number of hydrogen-bond acceptors (Lipinski definition) is 9. The van der Waals surface area contributed by atoms with Crippen molar-refractivity contribution in [3.8, 4) is 22.2 Å². The molecule has 0 aliphatic heterocycles. The van der Waals surface area contributed by atoms with Crippen LogP contribution >= 0.6 is 11.3 Å². The van der Waals surface area contributed by atoms with E-state index in [1.54, 1.807) is 24.3 Å². The quantitative estimate of drug-likeness (QED) is 0.211. The summed E-state index contributed by atoms with van der Waals surface area (Å²) >= 11 is 1.43. The van der Waals surface area contributed by atoms with Crippen LogP contribution in [0, 0.1) is 0 Å². The second-order valence-electron chi connectivity index (χ2n) is 6.94. The first-order chi connectivity index (χ1) is 15.6. The van der Waals surface area contributed by atoms with Crippen molar-refractivity contribution in [3.63, 3.8) is 0 Å². The minimum atomic E-state index is -0.501. The maximum Gasteiger partial charge on any atom is 0.346 e. The Bertz CT molecular complexity index is 1470. The number of aryl methyl sites for hydroxylation is 1. The Morgan fingerprint density at radius 1 is 1.12 bits per heavy atom. The summed E-state index contributed by atoms with van der Waals surface area (Å²) in [5.74, 6) is 0.704. The van der Waals surface area contributed by atoms with Crippen molar-refractivity contribution >= 4 is 38.5 Å². The fourth-order valence-corrected chi connectivity index (χ4v) is 4.18. The van der Waals surface area contributed by atoms with Gasteiger partial charge in [0, 0.05) is 23.9 Å². The summed E-state index contributed by atoms with van der Waals surface area (Å²) in [6.45, 7) is 0. The monoisotopic (exact) mass is 448 g/mol. The van der Waals surface area contributed by atoms with E-state index in [9.17, 15) is 9.59 Å². The molecule has 3 heterocycles. The van der Waals surface area contributed by atoms with Crippen molar-refractivity contribution in [2.45, 2.75) is 12.8 Å². The van der Waals surface area contributed by atoms with Crippen molar-refractivity contribution in [2.75, 3.05) is 7.11 Å². The van der Waals surface area contributed by atoms with Crippen molar-refractivity contribution in [1.82, 2.24) is 10.1 Å². The molecular weight excluding hydrogens is 432 g/mol. The molecule has 0 radical (unpaired) electrons. The summed E-state index contributed by atoms with van der Waals surface area (Å²) in [4.78, 5) is 29.3. The zero-order chi connectivity index (χ0) is 22.1. The maximum atomic E-state index is 12.6. The normalized spacial score (nSPS) is 11.2. The van der Waals surface area contributed by atoms with Gasteiger partial charge in [-0.1, -0.05) is 12.1 Å². The third-order valence-corrected chi connectivity index (χ3v) is 5.86. The highest BCUT2D eigenvalue weighted by atomic mass is 32.1. The molecule has 160 valence electrons. The van der Waals surface area contributed by atoms with E-state index in [1.165, 1.54) is 24.5 Å². The van der Waals surface area contributed by atoms with Crippen LogP contribution in [0.3, 0.4) is 0 Å². The fraction of sp³-hybridized carbons (Fsp3) is 0.130. The van der Waals surface area contributed by atoms with Crippen LogP contribution in [0.2, 0.25) is 0 Å². The molecule has 0 aliphatic rings. The van der Waals surface area contributed by atoms with Gasteiger partial charge in [0.25, 0.3) is 5.88 Å². The Balaban J connectivity index is 1.34. The molecule has 0 unspecified atom stereocenters. The predicted octanol–water partition coefficient (Wildman–Crippen LogP) is 4.60. The van der Waals surface area contributed by atoms with Gasteiger partial charge in [0.1, 0.15) is 22.1 Å².